The Morgan fingerprint density at radius 1 is 1.16 bits per heavy atom. The van der Waals surface area contributed by atoms with Crippen LogP contribution in [0.1, 0.15) is 18.1 Å². The number of rotatable bonds is 5. The van der Waals surface area contributed by atoms with Crippen LogP contribution in [-0.4, -0.2) is 18.0 Å². The maximum atomic E-state index is 13.7. The zero-order valence-electron chi connectivity index (χ0n) is 12.7. The minimum absolute atomic E-state index is 0.0168. The molecule has 1 rings (SSSR count). The van der Waals surface area contributed by atoms with Gasteiger partial charge in [-0.15, -0.1) is 5.16 Å². The first-order chi connectivity index (χ1) is 11.3. The summed E-state index contributed by atoms with van der Waals surface area (Å²) in [6, 6.07) is 1.18. The monoisotopic (exact) mass is 387 g/mol. The zero-order valence-corrected chi connectivity index (χ0v) is 13.4. The molecule has 1 N–H and O–H groups in total. The summed E-state index contributed by atoms with van der Waals surface area (Å²) >= 11 is 5.53. The summed E-state index contributed by atoms with van der Waals surface area (Å²) < 4.78 is 80.0. The number of halogens is 7. The second kappa shape index (κ2) is 6.99. The minimum atomic E-state index is -5.40. The average Bonchev–Trinajstić information content (AvgIpc) is 2.40. The van der Waals surface area contributed by atoms with Gasteiger partial charge in [-0.2, -0.15) is 26.3 Å². The molecule has 1 atom stereocenters. The van der Waals surface area contributed by atoms with E-state index in [4.69, 9.17) is 11.6 Å². The summed E-state index contributed by atoms with van der Waals surface area (Å²) in [4.78, 5) is 4.27. The van der Waals surface area contributed by atoms with Gasteiger partial charge in [-0.05, 0) is 31.2 Å². The van der Waals surface area contributed by atoms with Gasteiger partial charge in [0.25, 0.3) is 0 Å². The lowest BCUT2D eigenvalue weighted by molar-refractivity contribution is -0.278. The fourth-order valence-corrected chi connectivity index (χ4v) is 2.23. The molecule has 0 amide bonds. The summed E-state index contributed by atoms with van der Waals surface area (Å²) in [5, 5.41) is 12.0. The highest BCUT2D eigenvalue weighted by Gasteiger charge is 2.63. The zero-order chi connectivity index (χ0) is 19.6. The van der Waals surface area contributed by atoms with E-state index in [-0.39, 0.29) is 11.6 Å². The average molecular weight is 388 g/mol. The van der Waals surface area contributed by atoms with E-state index in [1.807, 2.05) is 0 Å². The van der Waals surface area contributed by atoms with Crippen molar-refractivity contribution in [3.05, 3.63) is 58.3 Å². The normalized spacial score (nSPS) is 15.4. The molecule has 0 aromatic heterocycles. The van der Waals surface area contributed by atoms with Crippen molar-refractivity contribution in [1.29, 1.82) is 0 Å². The fourth-order valence-electron chi connectivity index (χ4n) is 2.00. The Balaban J connectivity index is 3.89. The topological polar surface area (TPSA) is 41.8 Å². The summed E-state index contributed by atoms with van der Waals surface area (Å²) in [5.41, 5.74) is -6.34. The molecule has 0 spiro atoms. The van der Waals surface area contributed by atoms with Gasteiger partial charge in [0.05, 0.1) is 5.56 Å². The van der Waals surface area contributed by atoms with E-state index in [1.54, 1.807) is 0 Å². The van der Waals surface area contributed by atoms with Crippen LogP contribution in [0.3, 0.4) is 0 Å². The number of aliphatic hydroxyl groups excluding tert-OH is 1. The maximum Gasteiger partial charge on any atom is 0.443 e. The lowest BCUT2D eigenvalue weighted by atomic mass is 9.88. The van der Waals surface area contributed by atoms with Crippen molar-refractivity contribution in [1.82, 2.24) is 0 Å². The van der Waals surface area contributed by atoms with Gasteiger partial charge in [0.15, 0.2) is 5.76 Å². The van der Waals surface area contributed by atoms with Crippen molar-refractivity contribution in [2.24, 2.45) is 5.16 Å². The van der Waals surface area contributed by atoms with Crippen molar-refractivity contribution < 1.29 is 36.3 Å². The molecule has 3 nitrogen and oxygen atoms in total. The van der Waals surface area contributed by atoms with Crippen molar-refractivity contribution in [2.45, 2.75) is 24.9 Å². The summed E-state index contributed by atoms with van der Waals surface area (Å²) in [5.74, 6) is -1.48. The van der Waals surface area contributed by atoms with Gasteiger partial charge in [0, 0.05) is 17.3 Å². The predicted molar refractivity (Wildman–Crippen MR) is 80.3 cm³/mol. The van der Waals surface area contributed by atoms with E-state index < -0.39 is 39.9 Å². The molecule has 0 bridgehead atoms. The first kappa shape index (κ1) is 20.9. The number of benzene rings is 1. The van der Waals surface area contributed by atoms with Crippen LogP contribution in [0.5, 0.6) is 0 Å². The Bertz CT molecular complexity index is 711. The van der Waals surface area contributed by atoms with Crippen molar-refractivity contribution in [3.8, 4) is 0 Å². The van der Waals surface area contributed by atoms with Crippen LogP contribution >= 0.6 is 11.6 Å². The molecule has 0 fully saturated rings. The molecule has 1 aromatic carbocycles. The number of allylic oxidation sites excluding steroid dienone is 2. The summed E-state index contributed by atoms with van der Waals surface area (Å²) in [7, 11) is 0. The molecule has 10 heteroatoms. The molecule has 25 heavy (non-hydrogen) atoms. The predicted octanol–water partition coefficient (Wildman–Crippen LogP) is 5.77. The molecule has 0 saturated carbocycles. The van der Waals surface area contributed by atoms with Crippen LogP contribution in [0, 0.1) is 0 Å². The Labute approximate surface area is 143 Å². The highest BCUT2D eigenvalue weighted by molar-refractivity contribution is 6.30. The largest absolute Gasteiger partial charge is 0.507 e. The van der Waals surface area contributed by atoms with Crippen LogP contribution in [0.25, 0.3) is 0 Å². The van der Waals surface area contributed by atoms with Gasteiger partial charge in [0.2, 0.25) is 0 Å². The third-order valence-corrected chi connectivity index (χ3v) is 3.19. The Morgan fingerprint density at radius 2 is 1.68 bits per heavy atom. The molecule has 138 valence electrons. The van der Waals surface area contributed by atoms with E-state index >= 15 is 0 Å². The number of oxime groups is 1. The van der Waals surface area contributed by atoms with Crippen molar-refractivity contribution in [2.75, 3.05) is 0 Å². The fraction of sp³-hybridized carbons (Fsp3) is 0.267. The second-order valence-electron chi connectivity index (χ2n) is 5.00. The van der Waals surface area contributed by atoms with Crippen LogP contribution in [0.15, 0.2) is 47.3 Å². The molecule has 0 radical (unpaired) electrons. The summed E-state index contributed by atoms with van der Waals surface area (Å²) in [6.45, 7) is 7.32. The Kier molecular flexibility index (Phi) is 5.84. The highest BCUT2D eigenvalue weighted by atomic mass is 35.5. The van der Waals surface area contributed by atoms with Gasteiger partial charge < -0.3 is 9.94 Å². The SMILES string of the molecule is C=NOC(/C(O)=C/C(=C)C)(c1cc(Cl)cc(C(F)(F)F)c1)C(F)(F)F. The van der Waals surface area contributed by atoms with Gasteiger partial charge in [-0.3, -0.25) is 0 Å². The van der Waals surface area contributed by atoms with Gasteiger partial charge in [0.1, 0.15) is 0 Å². The third kappa shape index (κ3) is 4.28. The standard InChI is InChI=1S/C15H12ClF6NO2/c1-8(2)4-12(24)13(25-23-3,15(20,21)22)9-5-10(14(17,18)19)7-11(16)6-9/h4-7,24H,1,3H2,2H3/b12-4-. The second-order valence-corrected chi connectivity index (χ2v) is 5.44. The lowest BCUT2D eigenvalue weighted by Crippen LogP contribution is -2.46. The van der Waals surface area contributed by atoms with Crippen molar-refractivity contribution >= 4 is 18.3 Å². The number of hydrogen-bond donors (Lipinski definition) is 1. The molecule has 0 aliphatic heterocycles. The molecular weight excluding hydrogens is 376 g/mol. The highest BCUT2D eigenvalue weighted by Crippen LogP contribution is 2.49. The molecule has 1 unspecified atom stereocenters. The van der Waals surface area contributed by atoms with Gasteiger partial charge >= 0.3 is 18.0 Å². The lowest BCUT2D eigenvalue weighted by Gasteiger charge is -2.33. The first-order valence-corrected chi connectivity index (χ1v) is 6.79. The molecular formula is C15H12ClF6NO2. The van der Waals surface area contributed by atoms with E-state index in [0.29, 0.717) is 18.2 Å². The van der Waals surface area contributed by atoms with Crippen molar-refractivity contribution in [3.63, 3.8) is 0 Å². The number of hydrogen-bond acceptors (Lipinski definition) is 3. The quantitative estimate of drug-likeness (QED) is 0.229. The third-order valence-electron chi connectivity index (χ3n) is 2.98. The van der Waals surface area contributed by atoms with E-state index in [0.717, 1.165) is 0 Å². The smallest absolute Gasteiger partial charge is 0.443 e. The molecule has 0 saturated heterocycles. The molecule has 1 aromatic rings. The van der Waals surface area contributed by atoms with Crippen LogP contribution < -0.4 is 0 Å². The van der Waals surface area contributed by atoms with Crippen LogP contribution in [-0.2, 0) is 16.6 Å². The molecule has 0 aliphatic carbocycles. The number of aliphatic hydroxyl groups is 1. The van der Waals surface area contributed by atoms with Gasteiger partial charge in [-0.25, -0.2) is 0 Å². The Morgan fingerprint density at radius 3 is 2.08 bits per heavy atom. The minimum Gasteiger partial charge on any atom is -0.507 e. The van der Waals surface area contributed by atoms with Crippen LogP contribution in [0.2, 0.25) is 5.02 Å². The number of alkyl halides is 6. The maximum absolute atomic E-state index is 13.7. The van der Waals surface area contributed by atoms with E-state index in [2.05, 4.69) is 23.3 Å². The van der Waals surface area contributed by atoms with E-state index in [1.165, 1.54) is 6.92 Å². The Hall–Kier alpha value is -2.16. The molecule has 0 aliphatic rings. The first-order valence-electron chi connectivity index (χ1n) is 6.41. The van der Waals surface area contributed by atoms with E-state index in [9.17, 15) is 31.4 Å². The molecule has 0 heterocycles. The summed E-state index contributed by atoms with van der Waals surface area (Å²) in [6.07, 6.45) is -9.79. The van der Waals surface area contributed by atoms with Gasteiger partial charge in [-0.1, -0.05) is 23.8 Å². The van der Waals surface area contributed by atoms with Crippen LogP contribution in [0.4, 0.5) is 26.3 Å². The number of nitrogens with zero attached hydrogens (tertiary/aromatic N) is 1.